The van der Waals surface area contributed by atoms with Crippen LogP contribution < -0.4 is 0 Å². The highest BCUT2D eigenvalue weighted by Crippen LogP contribution is 2.14. The van der Waals surface area contributed by atoms with Gasteiger partial charge < -0.3 is 0 Å². The summed E-state index contributed by atoms with van der Waals surface area (Å²) in [7, 11) is -2.72. The molecule has 1 atom stereocenters. The first-order chi connectivity index (χ1) is 9.90. The largest absolute Gasteiger partial charge is 0.285 e. The van der Waals surface area contributed by atoms with Crippen LogP contribution in [0.4, 0.5) is 0 Å². The second-order valence-corrected chi connectivity index (χ2v) is 7.62. The van der Waals surface area contributed by atoms with Gasteiger partial charge in [-0.3, -0.25) is 4.13 Å². The van der Waals surface area contributed by atoms with E-state index < -0.39 is 10.0 Å². The number of sulfonamides is 1. The average Bonchev–Trinajstić information content (AvgIpc) is 2.39. The Morgan fingerprint density at radius 3 is 2.52 bits per heavy atom. The van der Waals surface area contributed by atoms with Gasteiger partial charge in [0, 0.05) is 0 Å². The summed E-state index contributed by atoms with van der Waals surface area (Å²) in [6.07, 6.45) is 3.25. The summed E-state index contributed by atoms with van der Waals surface area (Å²) in [4.78, 5) is 0. The van der Waals surface area contributed by atoms with E-state index in [4.69, 9.17) is 0 Å². The fraction of sp³-hybridized carbons (Fsp3) is 0.467. The fourth-order valence-electron chi connectivity index (χ4n) is 2.65. The van der Waals surface area contributed by atoms with Crippen LogP contribution in [-0.4, -0.2) is 32.6 Å². The van der Waals surface area contributed by atoms with Gasteiger partial charge in [0.05, 0.1) is 5.75 Å². The third kappa shape index (κ3) is 5.71. The van der Waals surface area contributed by atoms with Crippen molar-refractivity contribution < 1.29 is 8.42 Å². The normalized spacial score (nSPS) is 13.0. The Kier molecular flexibility index (Phi) is 7.26. The molecule has 21 heavy (non-hydrogen) atoms. The standard InChI is InChI=1S/C15H25B2NO2S/c1-5-9-14(2)13-21(19,20)18(16-3)17(4)12-15-10-7-6-8-11-15/h5-8,10-11,14,16H,1,9,12-13H2,2-4H3. The van der Waals surface area contributed by atoms with Crippen LogP contribution in [0.3, 0.4) is 0 Å². The first-order valence-corrected chi connectivity index (χ1v) is 9.16. The van der Waals surface area contributed by atoms with E-state index in [0.717, 1.165) is 18.3 Å². The van der Waals surface area contributed by atoms with Crippen molar-refractivity contribution in [1.82, 2.24) is 4.13 Å². The smallest absolute Gasteiger partial charge is 0.228 e. The summed E-state index contributed by atoms with van der Waals surface area (Å²) < 4.78 is 26.8. The van der Waals surface area contributed by atoms with Gasteiger partial charge in [0.2, 0.25) is 14.3 Å². The Hall–Kier alpha value is -1.00. The molecule has 0 heterocycles. The van der Waals surface area contributed by atoms with E-state index in [-0.39, 0.29) is 18.5 Å². The zero-order valence-electron chi connectivity index (χ0n) is 13.3. The van der Waals surface area contributed by atoms with E-state index in [1.807, 2.05) is 50.9 Å². The molecule has 0 aliphatic rings. The second-order valence-electron chi connectivity index (χ2n) is 5.65. The molecule has 1 aromatic carbocycles. The molecule has 1 aromatic rings. The van der Waals surface area contributed by atoms with Crippen LogP contribution in [0.5, 0.6) is 0 Å². The number of nitrogens with zero attached hydrogens (tertiary/aromatic N) is 1. The Morgan fingerprint density at radius 2 is 2.00 bits per heavy atom. The van der Waals surface area contributed by atoms with Gasteiger partial charge in [0.1, 0.15) is 0 Å². The van der Waals surface area contributed by atoms with Crippen LogP contribution in [-0.2, 0) is 16.3 Å². The van der Waals surface area contributed by atoms with Crippen molar-refractivity contribution in [2.75, 3.05) is 5.75 Å². The maximum Gasteiger partial charge on any atom is 0.228 e. The van der Waals surface area contributed by atoms with E-state index in [0.29, 0.717) is 7.41 Å². The van der Waals surface area contributed by atoms with E-state index in [1.165, 1.54) is 0 Å². The monoisotopic (exact) mass is 305 g/mol. The Labute approximate surface area is 130 Å². The predicted molar refractivity (Wildman–Crippen MR) is 94.4 cm³/mol. The van der Waals surface area contributed by atoms with E-state index in [1.54, 1.807) is 10.2 Å². The molecule has 0 N–H and O–H groups in total. The summed E-state index contributed by atoms with van der Waals surface area (Å²) in [5.41, 5.74) is 1.16. The van der Waals surface area contributed by atoms with Crippen molar-refractivity contribution >= 4 is 24.3 Å². The number of hydrogen-bond acceptors (Lipinski definition) is 2. The van der Waals surface area contributed by atoms with Crippen molar-refractivity contribution in [2.24, 2.45) is 5.92 Å². The predicted octanol–water partition coefficient (Wildman–Crippen LogP) is 2.63. The molecule has 0 radical (unpaired) electrons. The van der Waals surface area contributed by atoms with Gasteiger partial charge in [0.25, 0.3) is 0 Å². The van der Waals surface area contributed by atoms with Gasteiger partial charge >= 0.3 is 0 Å². The van der Waals surface area contributed by atoms with Crippen LogP contribution in [0.1, 0.15) is 18.9 Å². The van der Waals surface area contributed by atoms with Crippen molar-refractivity contribution in [3.63, 3.8) is 0 Å². The van der Waals surface area contributed by atoms with Crippen LogP contribution in [0, 0.1) is 5.92 Å². The number of rotatable bonds is 9. The van der Waals surface area contributed by atoms with Crippen molar-refractivity contribution in [3.05, 3.63) is 48.6 Å². The molecule has 0 bridgehead atoms. The minimum absolute atomic E-state index is 0.0293. The third-order valence-electron chi connectivity index (χ3n) is 3.60. The molecule has 0 saturated heterocycles. The topological polar surface area (TPSA) is 37.4 Å². The van der Waals surface area contributed by atoms with Crippen LogP contribution in [0.15, 0.2) is 43.0 Å². The summed E-state index contributed by atoms with van der Waals surface area (Å²) in [5, 5.41) is 0. The van der Waals surface area contributed by atoms with Crippen LogP contribution in [0.2, 0.25) is 13.6 Å². The number of hydrogen-bond donors (Lipinski definition) is 0. The summed E-state index contributed by atoms with van der Waals surface area (Å²) in [6, 6.07) is 10.0. The van der Waals surface area contributed by atoms with Crippen molar-refractivity contribution in [3.8, 4) is 0 Å². The van der Waals surface area contributed by atoms with E-state index >= 15 is 0 Å². The second kappa shape index (κ2) is 8.44. The maximum atomic E-state index is 12.6. The molecule has 0 aliphatic heterocycles. The molecule has 0 saturated carbocycles. The maximum absolute atomic E-state index is 12.6. The molecule has 1 unspecified atom stereocenters. The average molecular weight is 305 g/mol. The summed E-state index contributed by atoms with van der Waals surface area (Å²) in [5.74, 6) is 0.289. The lowest BCUT2D eigenvalue weighted by Gasteiger charge is -2.26. The molecule has 0 fully saturated rings. The summed E-state index contributed by atoms with van der Waals surface area (Å²) >= 11 is 0. The number of benzene rings is 1. The van der Waals surface area contributed by atoms with Crippen LogP contribution >= 0.6 is 0 Å². The molecule has 3 nitrogen and oxygen atoms in total. The molecule has 1 rings (SSSR count). The fourth-order valence-corrected chi connectivity index (χ4v) is 4.71. The lowest BCUT2D eigenvalue weighted by Crippen LogP contribution is -2.46. The molecule has 0 aliphatic carbocycles. The zero-order chi connectivity index (χ0) is 15.9. The molecule has 0 spiro atoms. The SMILES string of the molecule is C=CCC(C)CS(=O)(=O)N(BC)B(C)Cc1ccccc1. The third-order valence-corrected chi connectivity index (χ3v) is 5.92. The van der Waals surface area contributed by atoms with E-state index in [2.05, 4.69) is 6.58 Å². The Morgan fingerprint density at radius 1 is 1.38 bits per heavy atom. The molecule has 0 aromatic heterocycles. The Bertz CT molecular complexity index is 534. The van der Waals surface area contributed by atoms with Crippen LogP contribution in [0.25, 0.3) is 0 Å². The molecule has 0 amide bonds. The molecular weight excluding hydrogens is 280 g/mol. The molecule has 6 heteroatoms. The van der Waals surface area contributed by atoms with Crippen molar-refractivity contribution in [2.45, 2.75) is 33.3 Å². The highest BCUT2D eigenvalue weighted by Gasteiger charge is 2.29. The quantitative estimate of drug-likeness (QED) is 0.519. The minimum atomic E-state index is -3.23. The highest BCUT2D eigenvalue weighted by molar-refractivity contribution is 7.91. The van der Waals surface area contributed by atoms with Crippen molar-refractivity contribution in [1.29, 1.82) is 0 Å². The van der Waals surface area contributed by atoms with Gasteiger partial charge in [-0.2, -0.15) is 0 Å². The van der Waals surface area contributed by atoms with Gasteiger partial charge in [-0.15, -0.1) is 6.58 Å². The van der Waals surface area contributed by atoms with E-state index in [9.17, 15) is 8.42 Å². The van der Waals surface area contributed by atoms with Gasteiger partial charge in [0.15, 0.2) is 10.0 Å². The first kappa shape index (κ1) is 18.0. The summed E-state index contributed by atoms with van der Waals surface area (Å²) in [6.45, 7) is 9.48. The Balaban J connectivity index is 2.78. The van der Waals surface area contributed by atoms with Gasteiger partial charge in [-0.25, -0.2) is 8.42 Å². The first-order valence-electron chi connectivity index (χ1n) is 7.55. The molecule has 114 valence electrons. The minimum Gasteiger partial charge on any atom is -0.285 e. The van der Waals surface area contributed by atoms with Gasteiger partial charge in [-0.05, 0) is 18.7 Å². The lowest BCUT2D eigenvalue weighted by atomic mass is 9.56. The van der Waals surface area contributed by atoms with Gasteiger partial charge in [-0.1, -0.05) is 62.5 Å². The highest BCUT2D eigenvalue weighted by atomic mass is 32.2. The zero-order valence-corrected chi connectivity index (χ0v) is 14.1. The number of allylic oxidation sites excluding steroid dienone is 1. The molecular formula is C15H25B2NO2S. The lowest BCUT2D eigenvalue weighted by molar-refractivity contribution is 0.554.